The van der Waals surface area contributed by atoms with Gasteiger partial charge in [-0.25, -0.2) is 9.97 Å². The Morgan fingerprint density at radius 2 is 2.12 bits per heavy atom. The molecule has 3 rings (SSSR count). The maximum atomic E-state index is 4.85. The molecule has 1 aromatic heterocycles. The molecular formula is C23H29N3. The minimum atomic E-state index is 0.368. The molecule has 2 aromatic rings. The van der Waals surface area contributed by atoms with E-state index in [-0.39, 0.29) is 0 Å². The van der Waals surface area contributed by atoms with Gasteiger partial charge in [-0.2, -0.15) is 0 Å². The van der Waals surface area contributed by atoms with E-state index in [1.807, 2.05) is 6.20 Å². The van der Waals surface area contributed by atoms with Gasteiger partial charge in [-0.05, 0) is 42.4 Å². The minimum absolute atomic E-state index is 0.368. The lowest BCUT2D eigenvalue weighted by Gasteiger charge is -2.28. The van der Waals surface area contributed by atoms with Crippen LogP contribution in [0, 0.1) is 5.92 Å². The molecule has 1 atom stereocenters. The molecule has 0 bridgehead atoms. The van der Waals surface area contributed by atoms with Crippen LogP contribution >= 0.6 is 0 Å². The van der Waals surface area contributed by atoms with Gasteiger partial charge in [0.15, 0.2) is 0 Å². The van der Waals surface area contributed by atoms with Crippen molar-refractivity contribution >= 4 is 5.95 Å². The Morgan fingerprint density at radius 1 is 1.31 bits per heavy atom. The second kappa shape index (κ2) is 8.31. The topological polar surface area (TPSA) is 37.8 Å². The minimum Gasteiger partial charge on any atom is -0.354 e. The van der Waals surface area contributed by atoms with E-state index in [1.165, 1.54) is 22.3 Å². The summed E-state index contributed by atoms with van der Waals surface area (Å²) in [6, 6.07) is 8.68. The van der Waals surface area contributed by atoms with Crippen LogP contribution in [0.4, 0.5) is 5.95 Å². The number of rotatable bonds is 6. The van der Waals surface area contributed by atoms with Crippen molar-refractivity contribution in [3.05, 3.63) is 65.4 Å². The molecule has 1 aliphatic rings. The van der Waals surface area contributed by atoms with Gasteiger partial charge in [-0.15, -0.1) is 0 Å². The summed E-state index contributed by atoms with van der Waals surface area (Å²) in [5.41, 5.74) is 6.30. The monoisotopic (exact) mass is 347 g/mol. The molecule has 0 saturated heterocycles. The lowest BCUT2D eigenvalue weighted by Crippen LogP contribution is -2.16. The summed E-state index contributed by atoms with van der Waals surface area (Å²) in [6.45, 7) is 9.54. The van der Waals surface area contributed by atoms with Gasteiger partial charge >= 0.3 is 0 Å². The lowest BCUT2D eigenvalue weighted by molar-refractivity contribution is 0.684. The first-order valence-corrected chi connectivity index (χ1v) is 9.65. The highest BCUT2D eigenvalue weighted by Crippen LogP contribution is 2.42. The van der Waals surface area contributed by atoms with Gasteiger partial charge in [-0.1, -0.05) is 63.3 Å². The zero-order valence-corrected chi connectivity index (χ0v) is 16.3. The van der Waals surface area contributed by atoms with Gasteiger partial charge in [-0.3, -0.25) is 0 Å². The van der Waals surface area contributed by atoms with Crippen LogP contribution in [0.3, 0.4) is 0 Å². The van der Waals surface area contributed by atoms with Crippen molar-refractivity contribution in [1.82, 2.24) is 9.97 Å². The molecule has 1 heterocycles. The fourth-order valence-corrected chi connectivity index (χ4v) is 3.57. The van der Waals surface area contributed by atoms with Crippen molar-refractivity contribution in [2.45, 2.75) is 46.5 Å². The van der Waals surface area contributed by atoms with E-state index in [0.29, 0.717) is 11.8 Å². The number of nitrogens with zero attached hydrogens (tertiary/aromatic N) is 2. The number of fused-ring (bicyclic) bond motifs is 3. The smallest absolute Gasteiger partial charge is 0.223 e. The van der Waals surface area contributed by atoms with Crippen LogP contribution < -0.4 is 5.32 Å². The first-order chi connectivity index (χ1) is 12.6. The quantitative estimate of drug-likeness (QED) is 0.675. The maximum absolute atomic E-state index is 4.85. The molecule has 0 radical (unpaired) electrons. The first kappa shape index (κ1) is 18.4. The molecule has 0 amide bonds. The third-order valence-corrected chi connectivity index (χ3v) is 4.75. The zero-order chi connectivity index (χ0) is 18.5. The molecule has 0 spiro atoms. The van der Waals surface area contributed by atoms with Crippen molar-refractivity contribution in [3.63, 3.8) is 0 Å². The first-order valence-electron chi connectivity index (χ1n) is 9.65. The molecule has 136 valence electrons. The third kappa shape index (κ3) is 3.87. The van der Waals surface area contributed by atoms with Crippen molar-refractivity contribution in [2.75, 3.05) is 11.9 Å². The van der Waals surface area contributed by atoms with Crippen LogP contribution in [0.25, 0.3) is 11.3 Å². The Labute approximate surface area is 157 Å². The van der Waals surface area contributed by atoms with Gasteiger partial charge in [0.05, 0.1) is 5.69 Å². The number of nitrogens with one attached hydrogen (secondary N) is 1. The molecule has 1 aromatic carbocycles. The summed E-state index contributed by atoms with van der Waals surface area (Å²) in [5, 5.41) is 3.35. The highest BCUT2D eigenvalue weighted by Gasteiger charge is 2.27. The standard InChI is InChI=1S/C23H29N3/c1-5-9-17(10-6-2)21-13-18-15-25-23(24-14-16(3)4)26-22(18)20-12-8-7-11-19(20)21/h5,7-12,15-16,21H,6,13-14H2,1-4H3,(H,24,25,26)/b9-5-,17-10+. The summed E-state index contributed by atoms with van der Waals surface area (Å²) in [4.78, 5) is 9.42. The van der Waals surface area contributed by atoms with Crippen molar-refractivity contribution in [2.24, 2.45) is 5.92 Å². The van der Waals surface area contributed by atoms with E-state index in [2.05, 4.69) is 80.5 Å². The predicted octanol–water partition coefficient (Wildman–Crippen LogP) is 5.76. The maximum Gasteiger partial charge on any atom is 0.223 e. The summed E-state index contributed by atoms with van der Waals surface area (Å²) in [7, 11) is 0. The summed E-state index contributed by atoms with van der Waals surface area (Å²) in [6.07, 6.45) is 10.7. The Balaban J connectivity index is 2.03. The molecule has 3 nitrogen and oxygen atoms in total. The van der Waals surface area contributed by atoms with E-state index in [4.69, 9.17) is 4.98 Å². The summed E-state index contributed by atoms with van der Waals surface area (Å²) in [5.74, 6) is 1.66. The Hall–Kier alpha value is -2.42. The zero-order valence-electron chi connectivity index (χ0n) is 16.3. The molecule has 0 fully saturated rings. The number of aromatic nitrogens is 2. The van der Waals surface area contributed by atoms with Crippen LogP contribution in [-0.2, 0) is 6.42 Å². The normalized spacial score (nSPS) is 16.7. The lowest BCUT2D eigenvalue weighted by atomic mass is 9.77. The Morgan fingerprint density at radius 3 is 2.85 bits per heavy atom. The Bertz CT molecular complexity index is 818. The Kier molecular flexibility index (Phi) is 5.87. The molecule has 26 heavy (non-hydrogen) atoms. The SMILES string of the molecule is C/C=C\C(=C/CC)C1Cc2cnc(NCC(C)C)nc2-c2ccccc21. The van der Waals surface area contributed by atoms with E-state index < -0.39 is 0 Å². The molecule has 1 unspecified atom stereocenters. The van der Waals surface area contributed by atoms with Gasteiger partial charge in [0.2, 0.25) is 5.95 Å². The molecule has 3 heteroatoms. The summed E-state index contributed by atoms with van der Waals surface area (Å²) >= 11 is 0. The number of hydrogen-bond donors (Lipinski definition) is 1. The van der Waals surface area contributed by atoms with Crippen LogP contribution in [-0.4, -0.2) is 16.5 Å². The molecule has 1 N–H and O–H groups in total. The van der Waals surface area contributed by atoms with Gasteiger partial charge < -0.3 is 5.32 Å². The van der Waals surface area contributed by atoms with Gasteiger partial charge in [0, 0.05) is 24.2 Å². The average molecular weight is 348 g/mol. The second-order valence-corrected chi connectivity index (χ2v) is 7.30. The number of hydrogen-bond acceptors (Lipinski definition) is 3. The van der Waals surface area contributed by atoms with Gasteiger partial charge in [0.1, 0.15) is 0 Å². The van der Waals surface area contributed by atoms with Crippen molar-refractivity contribution in [3.8, 4) is 11.3 Å². The third-order valence-electron chi connectivity index (χ3n) is 4.75. The molecular weight excluding hydrogens is 318 g/mol. The fourth-order valence-electron chi connectivity index (χ4n) is 3.57. The summed E-state index contributed by atoms with van der Waals surface area (Å²) < 4.78 is 0. The predicted molar refractivity (Wildman–Crippen MR) is 110 cm³/mol. The second-order valence-electron chi connectivity index (χ2n) is 7.30. The van der Waals surface area contributed by atoms with E-state index in [9.17, 15) is 0 Å². The van der Waals surface area contributed by atoms with Crippen LogP contribution in [0.1, 0.15) is 51.2 Å². The highest BCUT2D eigenvalue weighted by molar-refractivity contribution is 5.72. The van der Waals surface area contributed by atoms with E-state index >= 15 is 0 Å². The van der Waals surface area contributed by atoms with Gasteiger partial charge in [0.25, 0.3) is 0 Å². The number of benzene rings is 1. The van der Waals surface area contributed by atoms with Crippen molar-refractivity contribution < 1.29 is 0 Å². The number of allylic oxidation sites excluding steroid dienone is 4. The fraction of sp³-hybridized carbons (Fsp3) is 0.391. The molecule has 1 aliphatic carbocycles. The highest BCUT2D eigenvalue weighted by atomic mass is 15.1. The molecule has 0 aliphatic heterocycles. The van der Waals surface area contributed by atoms with Crippen LogP contribution in [0.2, 0.25) is 0 Å². The van der Waals surface area contributed by atoms with E-state index in [0.717, 1.165) is 31.0 Å². The largest absolute Gasteiger partial charge is 0.354 e. The van der Waals surface area contributed by atoms with Crippen LogP contribution in [0.5, 0.6) is 0 Å². The van der Waals surface area contributed by atoms with E-state index in [1.54, 1.807) is 0 Å². The average Bonchev–Trinajstić information content (AvgIpc) is 2.65. The molecule has 0 saturated carbocycles. The number of anilines is 1. The van der Waals surface area contributed by atoms with Crippen LogP contribution in [0.15, 0.2) is 54.3 Å². The van der Waals surface area contributed by atoms with Crippen molar-refractivity contribution in [1.29, 1.82) is 0 Å².